The molecule has 0 fully saturated rings. The van der Waals surface area contributed by atoms with Gasteiger partial charge in [0.25, 0.3) is 0 Å². The second-order valence-electron chi connectivity index (χ2n) is 2.65. The van der Waals surface area contributed by atoms with E-state index in [9.17, 15) is 4.79 Å². The van der Waals surface area contributed by atoms with Gasteiger partial charge in [0.1, 0.15) is 5.75 Å². The highest BCUT2D eigenvalue weighted by molar-refractivity contribution is 9.10. The molecular formula is C10H11BrO2. The molecule has 0 saturated carbocycles. The number of hydrogen-bond acceptors (Lipinski definition) is 2. The number of carbonyl (C=O) groups is 1. The molecule has 0 aliphatic carbocycles. The van der Waals surface area contributed by atoms with Gasteiger partial charge in [-0.05, 0) is 24.6 Å². The molecule has 2 nitrogen and oxygen atoms in total. The Kier molecular flexibility index (Phi) is 3.96. The lowest BCUT2D eigenvalue weighted by molar-refractivity contribution is 0.112. The summed E-state index contributed by atoms with van der Waals surface area (Å²) in [6, 6.07) is 5.38. The minimum atomic E-state index is 0.619. The monoisotopic (exact) mass is 242 g/mol. The van der Waals surface area contributed by atoms with Gasteiger partial charge < -0.3 is 4.74 Å². The summed E-state index contributed by atoms with van der Waals surface area (Å²) >= 11 is 3.27. The molecule has 13 heavy (non-hydrogen) atoms. The first-order chi connectivity index (χ1) is 6.27. The minimum Gasteiger partial charge on any atom is -0.494 e. The summed E-state index contributed by atoms with van der Waals surface area (Å²) in [6.07, 6.45) is 1.77. The van der Waals surface area contributed by atoms with Crippen LogP contribution in [0, 0.1) is 0 Å². The largest absolute Gasteiger partial charge is 0.494 e. The zero-order valence-electron chi connectivity index (χ0n) is 7.42. The van der Waals surface area contributed by atoms with Gasteiger partial charge in [0.05, 0.1) is 6.61 Å². The van der Waals surface area contributed by atoms with Crippen LogP contribution in [0.3, 0.4) is 0 Å². The van der Waals surface area contributed by atoms with Crippen LogP contribution in [0.15, 0.2) is 22.7 Å². The molecular weight excluding hydrogens is 232 g/mol. The zero-order chi connectivity index (χ0) is 9.68. The van der Waals surface area contributed by atoms with Gasteiger partial charge in [-0.1, -0.05) is 22.9 Å². The summed E-state index contributed by atoms with van der Waals surface area (Å²) in [7, 11) is 0. The maximum Gasteiger partial charge on any atom is 0.151 e. The van der Waals surface area contributed by atoms with E-state index in [1.54, 1.807) is 6.07 Å². The second kappa shape index (κ2) is 5.02. The Morgan fingerprint density at radius 2 is 2.31 bits per heavy atom. The molecule has 1 rings (SSSR count). The number of ether oxygens (including phenoxy) is 1. The van der Waals surface area contributed by atoms with Crippen molar-refractivity contribution in [2.75, 3.05) is 6.61 Å². The molecule has 0 spiro atoms. The van der Waals surface area contributed by atoms with Crippen LogP contribution in [0.25, 0.3) is 0 Å². The summed E-state index contributed by atoms with van der Waals surface area (Å²) in [5.41, 5.74) is 0.619. The predicted octanol–water partition coefficient (Wildman–Crippen LogP) is 3.05. The van der Waals surface area contributed by atoms with Gasteiger partial charge in [0.15, 0.2) is 6.29 Å². The summed E-state index contributed by atoms with van der Waals surface area (Å²) in [5, 5.41) is 0. The van der Waals surface area contributed by atoms with Crippen LogP contribution in [0.2, 0.25) is 0 Å². The molecule has 0 atom stereocenters. The lowest BCUT2D eigenvalue weighted by Gasteiger charge is -2.05. The van der Waals surface area contributed by atoms with Gasteiger partial charge in [-0.3, -0.25) is 4.79 Å². The third kappa shape index (κ3) is 2.84. The molecule has 3 heteroatoms. The lowest BCUT2D eigenvalue weighted by Crippen LogP contribution is -1.95. The molecule has 1 aromatic carbocycles. The van der Waals surface area contributed by atoms with E-state index in [1.165, 1.54) is 0 Å². The highest BCUT2D eigenvalue weighted by Crippen LogP contribution is 2.21. The molecule has 0 aliphatic rings. The molecule has 1 aromatic rings. The van der Waals surface area contributed by atoms with Crippen molar-refractivity contribution in [1.82, 2.24) is 0 Å². The first-order valence-electron chi connectivity index (χ1n) is 4.15. The number of rotatable bonds is 4. The van der Waals surface area contributed by atoms with Crippen LogP contribution < -0.4 is 4.74 Å². The molecule has 70 valence electrons. The molecule has 0 unspecified atom stereocenters. The van der Waals surface area contributed by atoms with E-state index in [1.807, 2.05) is 19.1 Å². The van der Waals surface area contributed by atoms with Crippen LogP contribution in [-0.2, 0) is 0 Å². The Hall–Kier alpha value is -0.830. The Bertz CT molecular complexity index is 297. The van der Waals surface area contributed by atoms with Crippen molar-refractivity contribution in [2.24, 2.45) is 0 Å². The van der Waals surface area contributed by atoms with Crippen molar-refractivity contribution in [3.05, 3.63) is 28.2 Å². The van der Waals surface area contributed by atoms with Crippen LogP contribution in [0.1, 0.15) is 23.7 Å². The van der Waals surface area contributed by atoms with Crippen molar-refractivity contribution in [3.63, 3.8) is 0 Å². The highest BCUT2D eigenvalue weighted by Gasteiger charge is 2.00. The maximum atomic E-state index is 10.6. The summed E-state index contributed by atoms with van der Waals surface area (Å²) in [6.45, 7) is 2.72. The number of carbonyl (C=O) groups excluding carboxylic acids is 1. The van der Waals surface area contributed by atoms with Crippen LogP contribution >= 0.6 is 15.9 Å². The molecule has 0 aromatic heterocycles. The SMILES string of the molecule is CCCOc1ccc(Br)c(C=O)c1. The molecule has 0 amide bonds. The van der Waals surface area contributed by atoms with E-state index < -0.39 is 0 Å². The average Bonchev–Trinajstić information content (AvgIpc) is 2.16. The highest BCUT2D eigenvalue weighted by atomic mass is 79.9. The van der Waals surface area contributed by atoms with Crippen LogP contribution in [0.5, 0.6) is 5.75 Å². The number of benzene rings is 1. The lowest BCUT2D eigenvalue weighted by atomic mass is 10.2. The number of halogens is 1. The fourth-order valence-corrected chi connectivity index (χ4v) is 1.26. The fourth-order valence-electron chi connectivity index (χ4n) is 0.922. The predicted molar refractivity (Wildman–Crippen MR) is 55.3 cm³/mol. The Balaban J connectivity index is 2.80. The van der Waals surface area contributed by atoms with Crippen molar-refractivity contribution >= 4 is 22.2 Å². The normalized spacial score (nSPS) is 9.69. The second-order valence-corrected chi connectivity index (χ2v) is 3.50. The van der Waals surface area contributed by atoms with Gasteiger partial charge in [0.2, 0.25) is 0 Å². The Labute approximate surface area is 86.0 Å². The summed E-state index contributed by atoms with van der Waals surface area (Å²) in [4.78, 5) is 10.6. The Morgan fingerprint density at radius 1 is 1.54 bits per heavy atom. The first kappa shape index (κ1) is 10.3. The van der Waals surface area contributed by atoms with Gasteiger partial charge >= 0.3 is 0 Å². The van der Waals surface area contributed by atoms with E-state index in [0.29, 0.717) is 12.2 Å². The average molecular weight is 243 g/mol. The van der Waals surface area contributed by atoms with E-state index in [-0.39, 0.29) is 0 Å². The molecule has 0 saturated heterocycles. The topological polar surface area (TPSA) is 26.3 Å². The number of hydrogen-bond donors (Lipinski definition) is 0. The summed E-state index contributed by atoms with van der Waals surface area (Å²) < 4.78 is 6.17. The van der Waals surface area contributed by atoms with Crippen molar-refractivity contribution in [1.29, 1.82) is 0 Å². The minimum absolute atomic E-state index is 0.619. The third-order valence-corrected chi connectivity index (χ3v) is 2.29. The zero-order valence-corrected chi connectivity index (χ0v) is 9.00. The molecule has 0 bridgehead atoms. The molecule has 0 aliphatic heterocycles. The smallest absolute Gasteiger partial charge is 0.151 e. The van der Waals surface area contributed by atoms with E-state index >= 15 is 0 Å². The van der Waals surface area contributed by atoms with Crippen molar-refractivity contribution in [3.8, 4) is 5.75 Å². The number of aldehydes is 1. The third-order valence-electron chi connectivity index (χ3n) is 1.57. The van der Waals surface area contributed by atoms with Crippen LogP contribution in [0.4, 0.5) is 0 Å². The van der Waals surface area contributed by atoms with Gasteiger partial charge in [-0.15, -0.1) is 0 Å². The molecule has 0 radical (unpaired) electrons. The first-order valence-corrected chi connectivity index (χ1v) is 4.94. The van der Waals surface area contributed by atoms with E-state index in [0.717, 1.165) is 22.9 Å². The molecule has 0 heterocycles. The Morgan fingerprint density at radius 3 is 2.92 bits per heavy atom. The fraction of sp³-hybridized carbons (Fsp3) is 0.300. The molecule has 0 N–H and O–H groups in total. The quantitative estimate of drug-likeness (QED) is 0.759. The van der Waals surface area contributed by atoms with Crippen molar-refractivity contribution < 1.29 is 9.53 Å². The maximum absolute atomic E-state index is 10.6. The van der Waals surface area contributed by atoms with Gasteiger partial charge in [-0.2, -0.15) is 0 Å². The van der Waals surface area contributed by atoms with Gasteiger partial charge in [0, 0.05) is 10.0 Å². The van der Waals surface area contributed by atoms with Gasteiger partial charge in [-0.25, -0.2) is 0 Å². The van der Waals surface area contributed by atoms with Crippen molar-refractivity contribution in [2.45, 2.75) is 13.3 Å². The van der Waals surface area contributed by atoms with Crippen LogP contribution in [-0.4, -0.2) is 12.9 Å². The van der Waals surface area contributed by atoms with E-state index in [2.05, 4.69) is 15.9 Å². The standard InChI is InChI=1S/C10H11BrO2/c1-2-5-13-9-3-4-10(11)8(6-9)7-12/h3-4,6-7H,2,5H2,1H3. The summed E-state index contributed by atoms with van der Waals surface area (Å²) in [5.74, 6) is 0.743. The van der Waals surface area contributed by atoms with E-state index in [4.69, 9.17) is 4.74 Å².